The third-order valence-electron chi connectivity index (χ3n) is 14.4. The standard InChI is InChI=1S/C66H40/c1-3-15-43-37-45(27-25-41(43)13-1)49-33-35-51(55-19-7-5-17-53(49)55)47-29-31-59-57-21-9-12-24-62(57)66-64-40-48(30-32-60(64)58-22-10-11-23-61(58)65(66)63(59)39-47)52-36-34-50(54-18-6-8-20-56(52)54)46-28-26-42-14-2-4-16-44(42)38-46/h1-40H. The van der Waals surface area contributed by atoms with Crippen molar-refractivity contribution in [2.24, 2.45) is 0 Å². The van der Waals surface area contributed by atoms with Crippen LogP contribution in [0.2, 0.25) is 0 Å². The van der Waals surface area contributed by atoms with Gasteiger partial charge in [-0.15, -0.1) is 0 Å². The molecule has 0 nitrogen and oxygen atoms in total. The maximum Gasteiger partial charge on any atom is -0.00137 e. The zero-order chi connectivity index (χ0) is 43.3. The minimum absolute atomic E-state index is 1.22. The van der Waals surface area contributed by atoms with Crippen molar-refractivity contribution in [3.05, 3.63) is 243 Å². The van der Waals surface area contributed by atoms with Crippen LogP contribution < -0.4 is 0 Å². The highest BCUT2D eigenvalue weighted by Gasteiger charge is 2.19. The molecular formula is C66H40. The fraction of sp³-hybridized carbons (Fsp3) is 0. The predicted octanol–water partition coefficient (Wildman–Crippen LogP) is 18.7. The van der Waals surface area contributed by atoms with Crippen molar-refractivity contribution in [3.8, 4) is 44.5 Å². The molecule has 66 heavy (non-hydrogen) atoms. The Labute approximate surface area is 382 Å². The largest absolute Gasteiger partial charge is 0.0616 e. The number of hydrogen-bond acceptors (Lipinski definition) is 0. The van der Waals surface area contributed by atoms with Crippen LogP contribution >= 0.6 is 0 Å². The summed E-state index contributed by atoms with van der Waals surface area (Å²) in [5, 5.41) is 22.9. The van der Waals surface area contributed by atoms with Crippen molar-refractivity contribution >= 4 is 97.0 Å². The molecule has 304 valence electrons. The van der Waals surface area contributed by atoms with E-state index in [1.165, 1.54) is 141 Å². The Morgan fingerprint density at radius 3 is 0.803 bits per heavy atom. The van der Waals surface area contributed by atoms with Gasteiger partial charge < -0.3 is 0 Å². The topological polar surface area (TPSA) is 0 Å². The van der Waals surface area contributed by atoms with E-state index in [1.54, 1.807) is 0 Å². The average Bonchev–Trinajstić information content (AvgIpc) is 3.39. The third-order valence-corrected chi connectivity index (χ3v) is 14.4. The van der Waals surface area contributed by atoms with E-state index in [2.05, 4.69) is 243 Å². The Bertz CT molecular complexity index is 4060. The lowest BCUT2D eigenvalue weighted by atomic mass is 9.84. The molecule has 0 N–H and O–H groups in total. The van der Waals surface area contributed by atoms with Crippen molar-refractivity contribution < 1.29 is 0 Å². The van der Waals surface area contributed by atoms with Gasteiger partial charge in [0.2, 0.25) is 0 Å². The summed E-state index contributed by atoms with van der Waals surface area (Å²) in [4.78, 5) is 0. The van der Waals surface area contributed by atoms with Gasteiger partial charge in [-0.1, -0.05) is 218 Å². The molecule has 0 unspecified atom stereocenters. The molecular weight excluding hydrogens is 793 g/mol. The Hall–Kier alpha value is -8.58. The zero-order valence-electron chi connectivity index (χ0n) is 36.1. The molecule has 0 heterocycles. The molecule has 0 heteroatoms. The summed E-state index contributed by atoms with van der Waals surface area (Å²) < 4.78 is 0. The molecule has 0 amide bonds. The molecule has 0 spiro atoms. The van der Waals surface area contributed by atoms with Crippen LogP contribution in [0.1, 0.15) is 0 Å². The van der Waals surface area contributed by atoms with Gasteiger partial charge in [0.15, 0.2) is 0 Å². The quantitative estimate of drug-likeness (QED) is 0.155. The first kappa shape index (κ1) is 36.9. The molecule has 0 saturated carbocycles. The van der Waals surface area contributed by atoms with Crippen molar-refractivity contribution in [3.63, 3.8) is 0 Å². The highest BCUT2D eigenvalue weighted by atomic mass is 14.2. The van der Waals surface area contributed by atoms with Gasteiger partial charge in [0.25, 0.3) is 0 Å². The summed E-state index contributed by atoms with van der Waals surface area (Å²) in [5.41, 5.74) is 9.89. The molecule has 14 aromatic rings. The summed E-state index contributed by atoms with van der Waals surface area (Å²) in [7, 11) is 0. The monoisotopic (exact) mass is 832 g/mol. The number of fused-ring (bicyclic) bond motifs is 15. The lowest BCUT2D eigenvalue weighted by molar-refractivity contribution is 1.65. The molecule has 0 radical (unpaired) electrons. The first-order valence-electron chi connectivity index (χ1n) is 23.0. The van der Waals surface area contributed by atoms with Crippen LogP contribution in [0.5, 0.6) is 0 Å². The van der Waals surface area contributed by atoms with Crippen LogP contribution in [0.15, 0.2) is 243 Å². The minimum atomic E-state index is 1.22. The van der Waals surface area contributed by atoms with Crippen molar-refractivity contribution in [1.82, 2.24) is 0 Å². The SMILES string of the molecule is c1ccc2cc(-c3ccc(-c4ccc5c6ccccc6c6c7cc(-c8ccc(-c9ccc%10ccccc%10c9)c9ccccc89)ccc7c7ccccc7c6c5c4)c4ccccc34)ccc2c1. The molecule has 0 atom stereocenters. The van der Waals surface area contributed by atoms with Gasteiger partial charge in [-0.2, -0.15) is 0 Å². The highest BCUT2D eigenvalue weighted by Crippen LogP contribution is 2.47. The number of benzene rings is 14. The number of hydrogen-bond donors (Lipinski definition) is 0. The molecule has 0 aromatic heterocycles. The van der Waals surface area contributed by atoms with E-state index in [0.717, 1.165) is 0 Å². The normalized spacial score (nSPS) is 11.9. The van der Waals surface area contributed by atoms with Crippen LogP contribution in [0.25, 0.3) is 141 Å². The van der Waals surface area contributed by atoms with Crippen LogP contribution in [0, 0.1) is 0 Å². The Morgan fingerprint density at radius 1 is 0.152 bits per heavy atom. The van der Waals surface area contributed by atoms with Crippen LogP contribution in [-0.4, -0.2) is 0 Å². The summed E-state index contributed by atoms with van der Waals surface area (Å²) in [6.07, 6.45) is 0. The van der Waals surface area contributed by atoms with Gasteiger partial charge in [0, 0.05) is 0 Å². The van der Waals surface area contributed by atoms with Gasteiger partial charge in [-0.25, -0.2) is 0 Å². The second-order valence-electron chi connectivity index (χ2n) is 17.9. The van der Waals surface area contributed by atoms with Crippen molar-refractivity contribution in [2.45, 2.75) is 0 Å². The molecule has 0 aliphatic carbocycles. The van der Waals surface area contributed by atoms with E-state index < -0.39 is 0 Å². The van der Waals surface area contributed by atoms with Gasteiger partial charge in [0.1, 0.15) is 0 Å². The van der Waals surface area contributed by atoms with Crippen molar-refractivity contribution in [1.29, 1.82) is 0 Å². The maximum atomic E-state index is 2.47. The van der Waals surface area contributed by atoms with Gasteiger partial charge in [0.05, 0.1) is 0 Å². The number of rotatable bonds is 4. The molecule has 14 rings (SSSR count). The summed E-state index contributed by atoms with van der Waals surface area (Å²) >= 11 is 0. The minimum Gasteiger partial charge on any atom is -0.0616 e. The molecule has 0 bridgehead atoms. The van der Waals surface area contributed by atoms with Crippen LogP contribution in [-0.2, 0) is 0 Å². The van der Waals surface area contributed by atoms with Crippen LogP contribution in [0.4, 0.5) is 0 Å². The van der Waals surface area contributed by atoms with E-state index >= 15 is 0 Å². The van der Waals surface area contributed by atoms with Crippen LogP contribution in [0.3, 0.4) is 0 Å². The van der Waals surface area contributed by atoms with E-state index in [0.29, 0.717) is 0 Å². The highest BCUT2D eigenvalue weighted by molar-refractivity contribution is 6.40. The summed E-state index contributed by atoms with van der Waals surface area (Å²) in [6.45, 7) is 0. The zero-order valence-corrected chi connectivity index (χ0v) is 36.1. The second kappa shape index (κ2) is 14.5. The molecule has 0 aliphatic rings. The molecule has 0 saturated heterocycles. The Kier molecular flexibility index (Phi) is 8.08. The first-order chi connectivity index (χ1) is 32.7. The molecule has 14 aromatic carbocycles. The van der Waals surface area contributed by atoms with Crippen molar-refractivity contribution in [2.75, 3.05) is 0 Å². The fourth-order valence-corrected chi connectivity index (χ4v) is 11.3. The third kappa shape index (κ3) is 5.59. The lowest BCUT2D eigenvalue weighted by Gasteiger charge is -2.19. The fourth-order valence-electron chi connectivity index (χ4n) is 11.3. The summed E-state index contributed by atoms with van der Waals surface area (Å²) in [6, 6.07) is 90.6. The van der Waals surface area contributed by atoms with E-state index in [1.807, 2.05) is 0 Å². The van der Waals surface area contributed by atoms with E-state index in [4.69, 9.17) is 0 Å². The van der Waals surface area contributed by atoms with Gasteiger partial charge in [-0.05, 0) is 166 Å². The molecule has 0 aliphatic heterocycles. The predicted molar refractivity (Wildman–Crippen MR) is 286 cm³/mol. The van der Waals surface area contributed by atoms with Gasteiger partial charge in [-0.3, -0.25) is 0 Å². The van der Waals surface area contributed by atoms with E-state index in [-0.39, 0.29) is 0 Å². The maximum absolute atomic E-state index is 2.47. The Balaban J connectivity index is 1.01. The summed E-state index contributed by atoms with van der Waals surface area (Å²) in [5.74, 6) is 0. The molecule has 0 fully saturated rings. The Morgan fingerprint density at radius 2 is 0.424 bits per heavy atom. The second-order valence-corrected chi connectivity index (χ2v) is 17.9. The first-order valence-corrected chi connectivity index (χ1v) is 23.0. The smallest absolute Gasteiger partial charge is 0.00137 e. The van der Waals surface area contributed by atoms with E-state index in [9.17, 15) is 0 Å². The average molecular weight is 833 g/mol. The van der Waals surface area contributed by atoms with Gasteiger partial charge >= 0.3 is 0 Å². The lowest BCUT2D eigenvalue weighted by Crippen LogP contribution is -1.91.